The Morgan fingerprint density at radius 2 is 1.97 bits per heavy atom. The fourth-order valence-corrected chi connectivity index (χ4v) is 4.15. The number of ether oxygens (including phenoxy) is 1. The zero-order valence-corrected chi connectivity index (χ0v) is 16.2. The number of anilines is 1. The van der Waals surface area contributed by atoms with E-state index in [1.165, 1.54) is 30.7 Å². The lowest BCUT2D eigenvalue weighted by Gasteiger charge is -2.37. The summed E-state index contributed by atoms with van der Waals surface area (Å²) in [4.78, 5) is 29.1. The molecule has 0 N–H and O–H groups in total. The summed E-state index contributed by atoms with van der Waals surface area (Å²) >= 11 is 0. The largest absolute Gasteiger partial charge is 0.573 e. The lowest BCUT2D eigenvalue weighted by atomic mass is 9.93. The van der Waals surface area contributed by atoms with Crippen LogP contribution < -0.4 is 9.64 Å². The molecule has 160 valence electrons. The van der Waals surface area contributed by atoms with E-state index in [9.17, 15) is 22.8 Å². The number of hydrogen-bond acceptors (Lipinski definition) is 4. The fraction of sp³-hybridized carbons (Fsp3) is 0.429. The number of alkyl halides is 3. The molecule has 2 amide bonds. The molecule has 6 nitrogen and oxygen atoms in total. The Morgan fingerprint density at radius 1 is 1.13 bits per heavy atom. The number of nitrogens with zero attached hydrogens (tertiary/aromatic N) is 2. The van der Waals surface area contributed by atoms with Crippen LogP contribution in [0.5, 0.6) is 5.75 Å². The highest BCUT2D eigenvalue weighted by Crippen LogP contribution is 2.34. The summed E-state index contributed by atoms with van der Waals surface area (Å²) in [5.41, 5.74) is 1.71. The summed E-state index contributed by atoms with van der Waals surface area (Å²) in [7, 11) is 0. The van der Waals surface area contributed by atoms with E-state index in [0.29, 0.717) is 62.1 Å². The van der Waals surface area contributed by atoms with Gasteiger partial charge in [-0.3, -0.25) is 9.59 Å². The van der Waals surface area contributed by atoms with Crippen molar-refractivity contribution in [2.45, 2.75) is 32.0 Å². The van der Waals surface area contributed by atoms with E-state index in [-0.39, 0.29) is 23.5 Å². The summed E-state index contributed by atoms with van der Waals surface area (Å²) in [6.45, 7) is 1.38. The van der Waals surface area contributed by atoms with E-state index < -0.39 is 6.36 Å². The van der Waals surface area contributed by atoms with Crippen molar-refractivity contribution in [3.05, 3.63) is 47.9 Å². The maximum Gasteiger partial charge on any atom is 0.573 e. The average molecular weight is 422 g/mol. The van der Waals surface area contributed by atoms with Gasteiger partial charge in [-0.2, -0.15) is 0 Å². The van der Waals surface area contributed by atoms with Crippen molar-refractivity contribution in [2.24, 2.45) is 5.92 Å². The molecule has 1 atom stereocenters. The van der Waals surface area contributed by atoms with Crippen LogP contribution in [0.4, 0.5) is 18.9 Å². The summed E-state index contributed by atoms with van der Waals surface area (Å²) in [6.07, 6.45) is 0.651. The van der Waals surface area contributed by atoms with Crippen molar-refractivity contribution in [1.82, 2.24) is 4.90 Å². The molecule has 4 rings (SSSR count). The summed E-state index contributed by atoms with van der Waals surface area (Å²) in [5.74, 6) is -0.920. The number of fused-ring (bicyclic) bond motifs is 1. The molecule has 1 aromatic heterocycles. The second kappa shape index (κ2) is 8.04. The molecule has 0 bridgehead atoms. The van der Waals surface area contributed by atoms with Crippen molar-refractivity contribution in [1.29, 1.82) is 0 Å². The number of likely N-dealkylation sites (tertiary alicyclic amines) is 1. The van der Waals surface area contributed by atoms with Gasteiger partial charge in [0, 0.05) is 25.3 Å². The number of carbonyl (C=O) groups is 2. The molecule has 9 heteroatoms. The Labute approximate surface area is 171 Å². The minimum absolute atomic E-state index is 0.106. The first kappa shape index (κ1) is 20.3. The first-order chi connectivity index (χ1) is 14.3. The number of furan rings is 1. The van der Waals surface area contributed by atoms with Gasteiger partial charge in [0.15, 0.2) is 0 Å². The van der Waals surface area contributed by atoms with Crippen LogP contribution >= 0.6 is 0 Å². The van der Waals surface area contributed by atoms with E-state index in [0.717, 1.165) is 0 Å². The lowest BCUT2D eigenvalue weighted by molar-refractivity contribution is -0.274. The number of benzene rings is 1. The number of aryl methyl sites for hydroxylation is 1. The number of amides is 2. The zero-order valence-electron chi connectivity index (χ0n) is 16.2. The van der Waals surface area contributed by atoms with E-state index in [1.54, 1.807) is 15.9 Å². The minimum atomic E-state index is -4.76. The molecule has 2 aromatic rings. The zero-order chi connectivity index (χ0) is 21.3. The number of rotatable bonds is 3. The molecule has 1 saturated heterocycles. The third-order valence-corrected chi connectivity index (χ3v) is 5.50. The highest BCUT2D eigenvalue weighted by molar-refractivity contribution is 5.98. The van der Waals surface area contributed by atoms with Gasteiger partial charge in [-0.15, -0.1) is 13.2 Å². The highest BCUT2D eigenvalue weighted by Gasteiger charge is 2.35. The molecule has 3 heterocycles. The molecular weight excluding hydrogens is 401 g/mol. The van der Waals surface area contributed by atoms with Crippen molar-refractivity contribution in [3.8, 4) is 5.75 Å². The molecule has 1 aromatic carbocycles. The van der Waals surface area contributed by atoms with Crippen molar-refractivity contribution >= 4 is 17.5 Å². The van der Waals surface area contributed by atoms with Crippen LogP contribution in [0.2, 0.25) is 0 Å². The predicted octanol–water partition coefficient (Wildman–Crippen LogP) is 4.01. The van der Waals surface area contributed by atoms with Gasteiger partial charge in [0.2, 0.25) is 5.91 Å². The molecule has 0 radical (unpaired) electrons. The molecule has 1 unspecified atom stereocenters. The van der Waals surface area contributed by atoms with Crippen LogP contribution in [0.15, 0.2) is 41.2 Å². The number of halogens is 3. The Bertz CT molecular complexity index is 927. The molecule has 0 spiro atoms. The van der Waals surface area contributed by atoms with Gasteiger partial charge in [0.1, 0.15) is 12.0 Å². The Hall–Kier alpha value is -2.97. The number of hydrogen-bond donors (Lipinski definition) is 0. The van der Waals surface area contributed by atoms with Gasteiger partial charge in [-0.25, -0.2) is 0 Å². The van der Waals surface area contributed by atoms with Gasteiger partial charge >= 0.3 is 6.36 Å². The smallest absolute Gasteiger partial charge is 0.472 e. The summed E-state index contributed by atoms with van der Waals surface area (Å²) in [5, 5.41) is 0. The minimum Gasteiger partial charge on any atom is -0.472 e. The normalized spacial score (nSPS) is 19.4. The van der Waals surface area contributed by atoms with Crippen LogP contribution in [-0.2, 0) is 11.2 Å². The monoisotopic (exact) mass is 422 g/mol. The molecule has 2 aliphatic rings. The first-order valence-corrected chi connectivity index (χ1v) is 9.83. The standard InChI is InChI=1S/C21H21F3N2O4/c22-21(23,24)30-17-5-6-18-14(11-17)3-2-9-26(18)20(28)15-4-1-8-25(12-15)19(27)16-7-10-29-13-16/h5-7,10-11,13,15H,1-4,8-9,12H2. The Kier molecular flexibility index (Phi) is 5.44. The van der Waals surface area contributed by atoms with E-state index in [2.05, 4.69) is 4.74 Å². The summed E-state index contributed by atoms with van der Waals surface area (Å²) in [6, 6.07) is 5.67. The maximum atomic E-state index is 13.2. The molecular formula is C21H21F3N2O4. The van der Waals surface area contributed by atoms with Gasteiger partial charge < -0.3 is 19.0 Å². The SMILES string of the molecule is O=C(c1ccoc1)N1CCCC(C(=O)N2CCCc3cc(OC(F)(F)F)ccc32)C1. The molecule has 0 aliphatic carbocycles. The molecule has 0 saturated carbocycles. The average Bonchev–Trinajstić information content (AvgIpc) is 3.26. The van der Waals surface area contributed by atoms with Gasteiger partial charge in [-0.1, -0.05) is 0 Å². The second-order valence-corrected chi connectivity index (χ2v) is 7.53. The van der Waals surface area contributed by atoms with Gasteiger partial charge in [-0.05, 0) is 55.5 Å². The Balaban J connectivity index is 1.49. The lowest BCUT2D eigenvalue weighted by Crippen LogP contribution is -2.48. The quantitative estimate of drug-likeness (QED) is 0.750. The number of piperidine rings is 1. The fourth-order valence-electron chi connectivity index (χ4n) is 4.15. The maximum absolute atomic E-state index is 13.2. The van der Waals surface area contributed by atoms with Crippen LogP contribution in [0, 0.1) is 5.92 Å². The third kappa shape index (κ3) is 4.29. The molecule has 30 heavy (non-hydrogen) atoms. The summed E-state index contributed by atoms with van der Waals surface area (Å²) < 4.78 is 46.5. The van der Waals surface area contributed by atoms with Crippen LogP contribution in [0.3, 0.4) is 0 Å². The predicted molar refractivity (Wildman–Crippen MR) is 101 cm³/mol. The van der Waals surface area contributed by atoms with E-state index in [1.807, 2.05) is 0 Å². The van der Waals surface area contributed by atoms with Crippen LogP contribution in [-0.4, -0.2) is 42.7 Å². The highest BCUT2D eigenvalue weighted by atomic mass is 19.4. The number of carbonyl (C=O) groups excluding carboxylic acids is 2. The molecule has 1 fully saturated rings. The van der Waals surface area contributed by atoms with E-state index >= 15 is 0 Å². The molecule has 2 aliphatic heterocycles. The second-order valence-electron chi connectivity index (χ2n) is 7.53. The van der Waals surface area contributed by atoms with Gasteiger partial charge in [0.05, 0.1) is 17.7 Å². The van der Waals surface area contributed by atoms with E-state index in [4.69, 9.17) is 4.42 Å². The van der Waals surface area contributed by atoms with Crippen molar-refractivity contribution in [3.63, 3.8) is 0 Å². The third-order valence-electron chi connectivity index (χ3n) is 5.50. The van der Waals surface area contributed by atoms with Gasteiger partial charge in [0.25, 0.3) is 5.91 Å². The topological polar surface area (TPSA) is 63.0 Å². The van der Waals surface area contributed by atoms with Crippen molar-refractivity contribution in [2.75, 3.05) is 24.5 Å². The van der Waals surface area contributed by atoms with Crippen LogP contribution in [0.1, 0.15) is 35.2 Å². The van der Waals surface area contributed by atoms with Crippen LogP contribution in [0.25, 0.3) is 0 Å². The first-order valence-electron chi connectivity index (χ1n) is 9.83. The Morgan fingerprint density at radius 3 is 2.70 bits per heavy atom. The van der Waals surface area contributed by atoms with Crippen molar-refractivity contribution < 1.29 is 31.9 Å².